The Bertz CT molecular complexity index is 1750. The number of amides is 1. The van der Waals surface area contributed by atoms with Crippen molar-refractivity contribution in [2.24, 2.45) is 7.05 Å². The van der Waals surface area contributed by atoms with E-state index in [1.54, 1.807) is 25.5 Å². The number of fused-ring (bicyclic) bond motifs is 2. The number of pyridine rings is 1. The maximum absolute atomic E-state index is 15.2. The number of aryl methyl sites for hydroxylation is 2. The topological polar surface area (TPSA) is 98.1 Å². The molecule has 1 N–H and O–H groups in total. The first-order valence-corrected chi connectivity index (χ1v) is 12.1. The third kappa shape index (κ3) is 5.45. The van der Waals surface area contributed by atoms with Gasteiger partial charge in [0.15, 0.2) is 5.82 Å². The molecule has 2 aromatic carbocycles. The van der Waals surface area contributed by atoms with Crippen LogP contribution in [0.1, 0.15) is 11.3 Å². The van der Waals surface area contributed by atoms with Crippen LogP contribution in [0.15, 0.2) is 73.9 Å². The second kappa shape index (κ2) is 10.7. The predicted octanol–water partition coefficient (Wildman–Crippen LogP) is 5.55. The molecular weight excluding hydrogens is 497 g/mol. The van der Waals surface area contributed by atoms with Gasteiger partial charge in [-0.2, -0.15) is 0 Å². The molecule has 5 rings (SSSR count). The van der Waals surface area contributed by atoms with Crippen LogP contribution in [0.3, 0.4) is 0 Å². The number of imidazole rings is 1. The van der Waals surface area contributed by atoms with Crippen LogP contribution in [-0.4, -0.2) is 48.9 Å². The summed E-state index contributed by atoms with van der Waals surface area (Å²) < 4.78 is 23.1. The first-order chi connectivity index (χ1) is 18.8. The van der Waals surface area contributed by atoms with E-state index < -0.39 is 5.82 Å². The van der Waals surface area contributed by atoms with Gasteiger partial charge in [-0.25, -0.2) is 24.3 Å². The summed E-state index contributed by atoms with van der Waals surface area (Å²) in [4.78, 5) is 30.7. The molecule has 0 saturated heterocycles. The molecule has 0 spiro atoms. The number of anilines is 2. The van der Waals surface area contributed by atoms with Gasteiger partial charge >= 0.3 is 0 Å². The van der Waals surface area contributed by atoms with Gasteiger partial charge in [-0.15, -0.1) is 0 Å². The second-order valence-electron chi connectivity index (χ2n) is 8.98. The Morgan fingerprint density at radius 2 is 2.00 bits per heavy atom. The minimum atomic E-state index is -0.507. The van der Waals surface area contributed by atoms with Crippen molar-refractivity contribution in [3.63, 3.8) is 0 Å². The minimum absolute atomic E-state index is 0.172. The lowest BCUT2D eigenvalue weighted by Crippen LogP contribution is -2.24. The van der Waals surface area contributed by atoms with Crippen molar-refractivity contribution < 1.29 is 13.9 Å². The Labute approximate surface area is 224 Å². The van der Waals surface area contributed by atoms with E-state index in [2.05, 4.69) is 31.8 Å². The van der Waals surface area contributed by atoms with E-state index in [1.165, 1.54) is 23.4 Å². The summed E-state index contributed by atoms with van der Waals surface area (Å²) in [6, 6.07) is 12.2. The van der Waals surface area contributed by atoms with Crippen molar-refractivity contribution in [3.8, 4) is 11.5 Å². The number of rotatable bonds is 8. The Morgan fingerprint density at radius 3 is 2.82 bits per heavy atom. The summed E-state index contributed by atoms with van der Waals surface area (Å²) in [7, 11) is 3.60. The van der Waals surface area contributed by atoms with Crippen LogP contribution in [-0.2, 0) is 11.8 Å². The molecule has 0 unspecified atom stereocenters. The molecule has 39 heavy (non-hydrogen) atoms. The maximum atomic E-state index is 15.2. The molecule has 0 saturated carbocycles. The predicted molar refractivity (Wildman–Crippen MR) is 149 cm³/mol. The molecule has 196 valence electrons. The molecular formula is C29H26FN7O2. The number of carbonyl (C=O) groups excluding carboxylic acids is 1. The molecule has 0 aliphatic carbocycles. The molecule has 0 fully saturated rings. The molecule has 0 bridgehead atoms. The second-order valence-corrected chi connectivity index (χ2v) is 8.98. The van der Waals surface area contributed by atoms with Crippen LogP contribution in [0.5, 0.6) is 11.5 Å². The monoisotopic (exact) mass is 523 g/mol. The molecule has 9 nitrogen and oxygen atoms in total. The standard InChI is InChI=1S/C29H26FN7O2/c1-5-27(38)36(3)12-6-7-19-8-10-22-28(34-19)29(32-16-31-22)35-23-13-18(2)26(15-21(23)30)39-20-9-11-25-24(14-20)33-17-37(25)4/h5-11,13-17H,1,12H2,2-4H3,(H,31,32,35). The number of hydrogen-bond donors (Lipinski definition) is 1. The van der Waals surface area contributed by atoms with E-state index in [4.69, 9.17) is 4.74 Å². The molecule has 3 heterocycles. The highest BCUT2D eigenvalue weighted by Crippen LogP contribution is 2.32. The third-order valence-electron chi connectivity index (χ3n) is 6.16. The number of carbonyl (C=O) groups is 1. The average molecular weight is 524 g/mol. The van der Waals surface area contributed by atoms with E-state index in [-0.39, 0.29) is 11.6 Å². The van der Waals surface area contributed by atoms with Crippen LogP contribution in [0, 0.1) is 12.7 Å². The van der Waals surface area contributed by atoms with Gasteiger partial charge in [0.1, 0.15) is 29.2 Å². The van der Waals surface area contributed by atoms with Crippen molar-refractivity contribution in [1.29, 1.82) is 0 Å². The SMILES string of the molecule is C=CC(=O)N(C)CC=Cc1ccc2ncnc(Nc3cc(C)c(Oc4ccc5c(c4)ncn5C)cc3F)c2n1. The lowest BCUT2D eigenvalue weighted by Gasteiger charge is -2.14. The molecule has 0 radical (unpaired) electrons. The summed E-state index contributed by atoms with van der Waals surface area (Å²) >= 11 is 0. The fraction of sp³-hybridized carbons (Fsp3) is 0.138. The number of benzene rings is 2. The van der Waals surface area contributed by atoms with Crippen molar-refractivity contribution in [3.05, 3.63) is 90.9 Å². The molecule has 10 heteroatoms. The summed E-state index contributed by atoms with van der Waals surface area (Å²) in [5, 5.41) is 3.05. The summed E-state index contributed by atoms with van der Waals surface area (Å²) in [5.74, 6) is 0.644. The van der Waals surface area contributed by atoms with Gasteiger partial charge in [-0.1, -0.05) is 12.7 Å². The Kier molecular flexibility index (Phi) is 7.00. The number of nitrogens with zero attached hydrogens (tertiary/aromatic N) is 6. The lowest BCUT2D eigenvalue weighted by molar-refractivity contribution is -0.124. The van der Waals surface area contributed by atoms with Gasteiger partial charge in [-0.05, 0) is 55.0 Å². The van der Waals surface area contributed by atoms with Gasteiger partial charge in [0, 0.05) is 32.8 Å². The highest BCUT2D eigenvalue weighted by atomic mass is 19.1. The van der Waals surface area contributed by atoms with E-state index in [0.717, 1.165) is 16.6 Å². The fourth-order valence-electron chi connectivity index (χ4n) is 4.02. The third-order valence-corrected chi connectivity index (χ3v) is 6.16. The highest BCUT2D eigenvalue weighted by Gasteiger charge is 2.14. The number of likely N-dealkylation sites (N-methyl/N-ethyl adjacent to an activating group) is 1. The number of aromatic nitrogens is 5. The smallest absolute Gasteiger partial charge is 0.245 e. The summed E-state index contributed by atoms with van der Waals surface area (Å²) in [6.45, 7) is 5.72. The van der Waals surface area contributed by atoms with Crippen molar-refractivity contribution >= 4 is 45.6 Å². The fourth-order valence-corrected chi connectivity index (χ4v) is 4.02. The highest BCUT2D eigenvalue weighted by molar-refractivity contribution is 5.88. The van der Waals surface area contributed by atoms with Crippen molar-refractivity contribution in [2.75, 3.05) is 18.9 Å². The lowest BCUT2D eigenvalue weighted by atomic mass is 10.2. The zero-order valence-electron chi connectivity index (χ0n) is 21.7. The van der Waals surface area contributed by atoms with Gasteiger partial charge in [-0.3, -0.25) is 4.79 Å². The number of nitrogens with one attached hydrogen (secondary N) is 1. The van der Waals surface area contributed by atoms with Gasteiger partial charge in [0.05, 0.1) is 34.3 Å². The van der Waals surface area contributed by atoms with Crippen LogP contribution in [0.4, 0.5) is 15.9 Å². The van der Waals surface area contributed by atoms with Crippen LogP contribution >= 0.6 is 0 Å². The number of ether oxygens (including phenoxy) is 1. The Balaban J connectivity index is 1.38. The van der Waals surface area contributed by atoms with E-state index in [0.29, 0.717) is 40.6 Å². The molecule has 0 atom stereocenters. The molecule has 1 amide bonds. The zero-order valence-corrected chi connectivity index (χ0v) is 21.7. The van der Waals surface area contributed by atoms with Crippen molar-refractivity contribution in [2.45, 2.75) is 6.92 Å². The first kappa shape index (κ1) is 25.5. The molecule has 0 aliphatic heterocycles. The maximum Gasteiger partial charge on any atom is 0.245 e. The van der Waals surface area contributed by atoms with Gasteiger partial charge in [0.2, 0.25) is 5.91 Å². The van der Waals surface area contributed by atoms with Gasteiger partial charge < -0.3 is 19.5 Å². The normalized spacial score (nSPS) is 11.3. The van der Waals surface area contributed by atoms with Crippen LogP contribution in [0.25, 0.3) is 28.1 Å². The summed E-state index contributed by atoms with van der Waals surface area (Å²) in [5.41, 5.74) is 4.46. The Hall–Kier alpha value is -5.12. The summed E-state index contributed by atoms with van der Waals surface area (Å²) in [6.07, 6.45) is 8.00. The molecule has 3 aromatic heterocycles. The average Bonchev–Trinajstić information content (AvgIpc) is 3.30. The van der Waals surface area contributed by atoms with Crippen LogP contribution < -0.4 is 10.1 Å². The van der Waals surface area contributed by atoms with Gasteiger partial charge in [0.25, 0.3) is 0 Å². The Morgan fingerprint density at radius 1 is 1.15 bits per heavy atom. The zero-order chi connectivity index (χ0) is 27.5. The quantitative estimate of drug-likeness (QED) is 0.266. The number of halogens is 1. The van der Waals surface area contributed by atoms with Crippen LogP contribution in [0.2, 0.25) is 0 Å². The minimum Gasteiger partial charge on any atom is -0.457 e. The van der Waals surface area contributed by atoms with Crippen molar-refractivity contribution in [1.82, 2.24) is 29.4 Å². The number of hydrogen-bond acceptors (Lipinski definition) is 7. The first-order valence-electron chi connectivity index (χ1n) is 12.1. The van der Waals surface area contributed by atoms with E-state index >= 15 is 4.39 Å². The molecule has 5 aromatic rings. The largest absolute Gasteiger partial charge is 0.457 e. The van der Waals surface area contributed by atoms with E-state index in [9.17, 15) is 4.79 Å². The molecule has 0 aliphatic rings. The van der Waals surface area contributed by atoms with E-state index in [1.807, 2.05) is 54.9 Å².